The summed E-state index contributed by atoms with van der Waals surface area (Å²) in [6.07, 6.45) is 1.26. The van der Waals surface area contributed by atoms with Crippen LogP contribution in [0.1, 0.15) is 17.1 Å². The molecule has 0 amide bonds. The Morgan fingerprint density at radius 2 is 1.90 bits per heavy atom. The van der Waals surface area contributed by atoms with E-state index in [-0.39, 0.29) is 5.75 Å². The maximum atomic E-state index is 12.0. The Kier molecular flexibility index (Phi) is 4.39. The van der Waals surface area contributed by atoms with Crippen LogP contribution in [-0.4, -0.2) is 21.6 Å². The van der Waals surface area contributed by atoms with E-state index in [0.29, 0.717) is 18.2 Å². The van der Waals surface area contributed by atoms with Gasteiger partial charge in [0, 0.05) is 11.4 Å². The molecule has 2 aromatic rings. The van der Waals surface area contributed by atoms with E-state index in [4.69, 9.17) is 0 Å². The third-order valence-corrected chi connectivity index (χ3v) is 2.43. The normalized spacial score (nSPS) is 10.7. The zero-order valence-electron chi connectivity index (χ0n) is 11.1. The van der Waals surface area contributed by atoms with Crippen LogP contribution in [0.5, 0.6) is 5.75 Å². The lowest BCUT2D eigenvalue weighted by Crippen LogP contribution is -2.07. The summed E-state index contributed by atoms with van der Waals surface area (Å²) in [6.45, 7) is 1.32. The van der Waals surface area contributed by atoms with Crippen molar-refractivity contribution in [3.63, 3.8) is 0 Å². The van der Waals surface area contributed by atoms with E-state index in [9.17, 15) is 8.78 Å². The van der Waals surface area contributed by atoms with E-state index in [1.165, 1.54) is 12.3 Å². The summed E-state index contributed by atoms with van der Waals surface area (Å²) in [4.78, 5) is 12.5. The third kappa shape index (κ3) is 4.11. The second-order valence-corrected chi connectivity index (χ2v) is 4.19. The number of pyridine rings is 1. The Balaban J connectivity index is 1.96. The molecule has 0 spiro atoms. The van der Waals surface area contributed by atoms with Gasteiger partial charge in [0.25, 0.3) is 0 Å². The number of alkyl halides is 2. The molecule has 0 atom stereocenters. The number of hydrogen-bond donors (Lipinski definition) is 1. The molecule has 0 aliphatic carbocycles. The first kappa shape index (κ1) is 14.1. The highest BCUT2D eigenvalue weighted by molar-refractivity contribution is 5.29. The Bertz CT molecular complexity index is 555. The van der Waals surface area contributed by atoms with E-state index in [1.54, 1.807) is 6.07 Å². The largest absolute Gasteiger partial charge is 0.433 e. The zero-order chi connectivity index (χ0) is 14.5. The molecule has 0 bridgehead atoms. The Hall–Kier alpha value is -2.31. The second kappa shape index (κ2) is 6.23. The summed E-state index contributed by atoms with van der Waals surface area (Å²) in [5, 5.41) is 3.03. The highest BCUT2D eigenvalue weighted by Gasteiger charge is 2.05. The number of hydrogen-bond acceptors (Lipinski definition) is 5. The minimum absolute atomic E-state index is 0.0337. The van der Waals surface area contributed by atoms with E-state index in [1.807, 2.05) is 19.9 Å². The van der Waals surface area contributed by atoms with Crippen LogP contribution in [0.15, 0.2) is 24.4 Å². The van der Waals surface area contributed by atoms with Gasteiger partial charge in [0.15, 0.2) is 0 Å². The first-order valence-corrected chi connectivity index (χ1v) is 5.99. The minimum atomic E-state index is -2.84. The molecule has 2 rings (SSSR count). The van der Waals surface area contributed by atoms with Crippen molar-refractivity contribution >= 4 is 5.95 Å². The Morgan fingerprint density at radius 1 is 1.20 bits per heavy atom. The number of ether oxygens (including phenoxy) is 1. The fourth-order valence-electron chi connectivity index (χ4n) is 1.66. The monoisotopic (exact) mass is 280 g/mol. The van der Waals surface area contributed by atoms with Crippen molar-refractivity contribution in [2.45, 2.75) is 27.0 Å². The van der Waals surface area contributed by atoms with Crippen LogP contribution in [0.3, 0.4) is 0 Å². The number of aromatic nitrogens is 3. The predicted octanol–water partition coefficient (Wildman–Crippen LogP) is 2.70. The first-order chi connectivity index (χ1) is 9.52. The summed E-state index contributed by atoms with van der Waals surface area (Å²) in [7, 11) is 0. The average Bonchev–Trinajstić information content (AvgIpc) is 2.36. The molecule has 2 aromatic heterocycles. The van der Waals surface area contributed by atoms with Gasteiger partial charge in [0.05, 0.1) is 18.4 Å². The minimum Gasteiger partial charge on any atom is -0.433 e. The number of halogens is 2. The van der Waals surface area contributed by atoms with Crippen LogP contribution in [0, 0.1) is 13.8 Å². The molecule has 20 heavy (non-hydrogen) atoms. The number of anilines is 1. The van der Waals surface area contributed by atoms with Crippen molar-refractivity contribution < 1.29 is 13.5 Å². The highest BCUT2D eigenvalue weighted by Crippen LogP contribution is 2.13. The molecule has 0 aromatic carbocycles. The zero-order valence-corrected chi connectivity index (χ0v) is 11.1. The van der Waals surface area contributed by atoms with Crippen LogP contribution < -0.4 is 10.1 Å². The molecule has 0 saturated carbocycles. The van der Waals surface area contributed by atoms with Crippen LogP contribution >= 0.6 is 0 Å². The maximum Gasteiger partial charge on any atom is 0.387 e. The molecule has 2 heterocycles. The predicted molar refractivity (Wildman–Crippen MR) is 69.7 cm³/mol. The molecule has 106 valence electrons. The third-order valence-electron chi connectivity index (χ3n) is 2.43. The Morgan fingerprint density at radius 3 is 2.45 bits per heavy atom. The fraction of sp³-hybridized carbons (Fsp3) is 0.308. The molecular formula is C13H14F2N4O. The van der Waals surface area contributed by atoms with Crippen LogP contribution in [0.2, 0.25) is 0 Å². The van der Waals surface area contributed by atoms with Gasteiger partial charge in [-0.15, -0.1) is 0 Å². The van der Waals surface area contributed by atoms with Crippen molar-refractivity contribution in [3.05, 3.63) is 41.5 Å². The SMILES string of the molecule is Cc1cc(C)nc(NCc2ccc(OC(F)F)cn2)n1. The van der Waals surface area contributed by atoms with E-state index < -0.39 is 6.61 Å². The molecule has 0 radical (unpaired) electrons. The summed E-state index contributed by atoms with van der Waals surface area (Å²) < 4.78 is 28.2. The van der Waals surface area contributed by atoms with Crippen molar-refractivity contribution in [1.82, 2.24) is 15.0 Å². The van der Waals surface area contributed by atoms with Gasteiger partial charge >= 0.3 is 6.61 Å². The molecule has 0 fully saturated rings. The summed E-state index contributed by atoms with van der Waals surface area (Å²) in [5.74, 6) is 0.545. The van der Waals surface area contributed by atoms with Gasteiger partial charge in [-0.1, -0.05) is 0 Å². The average molecular weight is 280 g/mol. The van der Waals surface area contributed by atoms with Crippen LogP contribution in [0.25, 0.3) is 0 Å². The van der Waals surface area contributed by atoms with Gasteiger partial charge < -0.3 is 10.1 Å². The lowest BCUT2D eigenvalue weighted by Gasteiger charge is -2.07. The Labute approximate surface area is 115 Å². The summed E-state index contributed by atoms with van der Waals surface area (Å²) in [6, 6.07) is 4.92. The van der Waals surface area contributed by atoms with Gasteiger partial charge in [-0.3, -0.25) is 4.98 Å². The molecule has 0 unspecified atom stereocenters. The standard InChI is InChI=1S/C13H14F2N4O/c1-8-5-9(2)19-13(18-8)17-6-10-3-4-11(7-16-10)20-12(14)15/h3-5,7,12H,6H2,1-2H3,(H,17,18,19). The molecule has 1 N–H and O–H groups in total. The fourth-order valence-corrected chi connectivity index (χ4v) is 1.66. The smallest absolute Gasteiger partial charge is 0.387 e. The second-order valence-electron chi connectivity index (χ2n) is 4.19. The van der Waals surface area contributed by atoms with Crippen molar-refractivity contribution in [2.75, 3.05) is 5.32 Å². The molecule has 5 nitrogen and oxygen atoms in total. The highest BCUT2D eigenvalue weighted by atomic mass is 19.3. The summed E-state index contributed by atoms with van der Waals surface area (Å²) >= 11 is 0. The maximum absolute atomic E-state index is 12.0. The van der Waals surface area contributed by atoms with Gasteiger partial charge in [0.1, 0.15) is 5.75 Å². The quantitative estimate of drug-likeness (QED) is 0.912. The van der Waals surface area contributed by atoms with Gasteiger partial charge in [0.2, 0.25) is 5.95 Å². The van der Waals surface area contributed by atoms with Crippen molar-refractivity contribution in [2.24, 2.45) is 0 Å². The molecule has 0 aliphatic rings. The summed E-state index contributed by atoms with van der Waals surface area (Å²) in [5.41, 5.74) is 2.41. The lowest BCUT2D eigenvalue weighted by atomic mass is 10.3. The molecule has 0 aliphatic heterocycles. The van der Waals surface area contributed by atoms with E-state index in [0.717, 1.165) is 11.4 Å². The van der Waals surface area contributed by atoms with Gasteiger partial charge in [-0.2, -0.15) is 8.78 Å². The number of aryl methyl sites for hydroxylation is 2. The number of nitrogens with zero attached hydrogens (tertiary/aromatic N) is 3. The van der Waals surface area contributed by atoms with E-state index in [2.05, 4.69) is 25.0 Å². The first-order valence-electron chi connectivity index (χ1n) is 5.99. The van der Waals surface area contributed by atoms with Gasteiger partial charge in [-0.05, 0) is 32.0 Å². The van der Waals surface area contributed by atoms with Crippen molar-refractivity contribution in [3.8, 4) is 5.75 Å². The lowest BCUT2D eigenvalue weighted by molar-refractivity contribution is -0.0500. The van der Waals surface area contributed by atoms with Crippen molar-refractivity contribution in [1.29, 1.82) is 0 Å². The topological polar surface area (TPSA) is 59.9 Å². The van der Waals surface area contributed by atoms with Gasteiger partial charge in [-0.25, -0.2) is 9.97 Å². The molecule has 0 saturated heterocycles. The molecule has 7 heteroatoms. The number of nitrogens with one attached hydrogen (secondary N) is 1. The number of rotatable bonds is 5. The van der Waals surface area contributed by atoms with E-state index >= 15 is 0 Å². The molecular weight excluding hydrogens is 266 g/mol. The van der Waals surface area contributed by atoms with Crippen LogP contribution in [-0.2, 0) is 6.54 Å². The van der Waals surface area contributed by atoms with Crippen LogP contribution in [0.4, 0.5) is 14.7 Å².